The van der Waals surface area contributed by atoms with E-state index in [1.807, 2.05) is 22.9 Å². The van der Waals surface area contributed by atoms with Gasteiger partial charge in [0.1, 0.15) is 0 Å². The van der Waals surface area contributed by atoms with E-state index in [0.717, 1.165) is 16.8 Å². The molecule has 10 heteroatoms. The van der Waals surface area contributed by atoms with Crippen molar-refractivity contribution in [2.75, 3.05) is 10.5 Å². The third kappa shape index (κ3) is 6.20. The molecule has 0 spiro atoms. The van der Waals surface area contributed by atoms with Crippen molar-refractivity contribution in [3.63, 3.8) is 0 Å². The lowest BCUT2D eigenvalue weighted by molar-refractivity contribution is -0.106. The Hall–Kier alpha value is -2.65. The van der Waals surface area contributed by atoms with Gasteiger partial charge in [-0.15, -0.1) is 0 Å². The van der Waals surface area contributed by atoms with E-state index >= 15 is 0 Å². The summed E-state index contributed by atoms with van der Waals surface area (Å²) >= 11 is 6.31. The molecule has 0 saturated carbocycles. The van der Waals surface area contributed by atoms with Crippen LogP contribution in [0.15, 0.2) is 55.0 Å². The number of nitrogens with one attached hydrogen (secondary N) is 1. The highest BCUT2D eigenvalue weighted by Gasteiger charge is 2.35. The van der Waals surface area contributed by atoms with Crippen LogP contribution in [0.4, 0.5) is 18.9 Å². The zero-order valence-electron chi connectivity index (χ0n) is 17.5. The van der Waals surface area contributed by atoms with E-state index in [-0.39, 0.29) is 16.1 Å². The molecule has 170 valence electrons. The Balaban J connectivity index is 1.90. The monoisotopic (exact) mass is 483 g/mol. The van der Waals surface area contributed by atoms with Crippen molar-refractivity contribution < 1.29 is 21.6 Å². The maximum Gasteiger partial charge on any atom is 0.404 e. The lowest BCUT2D eigenvalue weighted by atomic mass is 9.90. The highest BCUT2D eigenvalue weighted by atomic mass is 35.5. The Kier molecular flexibility index (Phi) is 6.53. The molecule has 0 atom stereocenters. The number of halogens is 4. The molecule has 0 amide bonds. The number of benzene rings is 1. The number of sulfonamides is 1. The van der Waals surface area contributed by atoms with Gasteiger partial charge in [-0.1, -0.05) is 38.4 Å². The number of alkyl halides is 3. The molecule has 32 heavy (non-hydrogen) atoms. The summed E-state index contributed by atoms with van der Waals surface area (Å²) in [6, 6.07) is 9.88. The van der Waals surface area contributed by atoms with Crippen LogP contribution in [0.25, 0.3) is 22.3 Å². The molecule has 2 aromatic heterocycles. The van der Waals surface area contributed by atoms with Gasteiger partial charge in [0.25, 0.3) is 0 Å². The molecule has 0 unspecified atom stereocenters. The second-order valence-corrected chi connectivity index (χ2v) is 10.4. The summed E-state index contributed by atoms with van der Waals surface area (Å²) in [7, 11) is -4.60. The van der Waals surface area contributed by atoms with E-state index < -0.39 is 22.0 Å². The number of rotatable bonds is 5. The van der Waals surface area contributed by atoms with Gasteiger partial charge < -0.3 is 0 Å². The van der Waals surface area contributed by atoms with Crippen molar-refractivity contribution >= 4 is 27.3 Å². The second-order valence-electron chi connectivity index (χ2n) is 8.31. The molecule has 0 fully saturated rings. The minimum Gasteiger partial charge on any atom is -0.283 e. The zero-order chi connectivity index (χ0) is 23.7. The molecule has 0 aliphatic heterocycles. The number of hydrogen-bond acceptors (Lipinski definition) is 4. The van der Waals surface area contributed by atoms with Gasteiger partial charge in [0.05, 0.1) is 5.02 Å². The SMILES string of the molecule is CC(C)(C)c1cc(-c2cncc(-c3ccc(NS(=O)(=O)CC(F)(F)F)cc3Cl)c2)ccn1. The third-order valence-electron chi connectivity index (χ3n) is 4.51. The van der Waals surface area contributed by atoms with Crippen molar-refractivity contribution in [3.8, 4) is 22.3 Å². The van der Waals surface area contributed by atoms with E-state index in [0.29, 0.717) is 11.1 Å². The molecule has 0 bridgehead atoms. The molecule has 2 heterocycles. The molecule has 0 saturated heterocycles. The highest BCUT2D eigenvalue weighted by Crippen LogP contribution is 2.33. The standard InChI is InChI=1S/C22H21ClF3N3O2S/c1-21(2,3)20-9-14(6-7-28-20)15-8-16(12-27-11-15)18-5-4-17(10-19(18)23)29-32(30,31)13-22(24,25)26/h4-12,29H,13H2,1-3H3. The Bertz CT molecular complexity index is 1240. The Labute approximate surface area is 189 Å². The van der Waals surface area contributed by atoms with E-state index in [1.54, 1.807) is 18.6 Å². The van der Waals surface area contributed by atoms with E-state index in [1.165, 1.54) is 18.2 Å². The van der Waals surface area contributed by atoms with Gasteiger partial charge in [-0.25, -0.2) is 8.42 Å². The lowest BCUT2D eigenvalue weighted by Crippen LogP contribution is -2.27. The minimum atomic E-state index is -4.85. The first kappa shape index (κ1) is 24.0. The molecular formula is C22H21ClF3N3O2S. The zero-order valence-corrected chi connectivity index (χ0v) is 19.1. The number of hydrogen-bond donors (Lipinski definition) is 1. The van der Waals surface area contributed by atoms with E-state index in [4.69, 9.17) is 11.6 Å². The molecule has 5 nitrogen and oxygen atoms in total. The normalized spacial score (nSPS) is 12.6. The first-order valence-corrected chi connectivity index (χ1v) is 11.6. The second kappa shape index (κ2) is 8.71. The number of anilines is 1. The summed E-state index contributed by atoms with van der Waals surface area (Å²) in [5.74, 6) is -1.98. The van der Waals surface area contributed by atoms with Crippen molar-refractivity contribution in [1.29, 1.82) is 0 Å². The van der Waals surface area contributed by atoms with Crippen LogP contribution in [0, 0.1) is 0 Å². The van der Waals surface area contributed by atoms with Crippen LogP contribution in [0.5, 0.6) is 0 Å². The average molecular weight is 484 g/mol. The van der Waals surface area contributed by atoms with Gasteiger partial charge in [-0.3, -0.25) is 14.7 Å². The molecule has 0 aliphatic rings. The van der Waals surface area contributed by atoms with Crippen LogP contribution < -0.4 is 4.72 Å². The van der Waals surface area contributed by atoms with Gasteiger partial charge in [0, 0.05) is 52.1 Å². The molecule has 0 aliphatic carbocycles. The van der Waals surface area contributed by atoms with Crippen molar-refractivity contribution in [2.45, 2.75) is 32.4 Å². The van der Waals surface area contributed by atoms with Crippen LogP contribution in [-0.2, 0) is 15.4 Å². The smallest absolute Gasteiger partial charge is 0.283 e. The minimum absolute atomic E-state index is 0.0592. The topological polar surface area (TPSA) is 72.0 Å². The van der Waals surface area contributed by atoms with E-state index in [2.05, 4.69) is 30.7 Å². The first-order valence-electron chi connectivity index (χ1n) is 9.53. The van der Waals surface area contributed by atoms with Gasteiger partial charge in [0.15, 0.2) is 5.75 Å². The summed E-state index contributed by atoms with van der Waals surface area (Å²) in [5, 5.41) is 0.168. The summed E-state index contributed by atoms with van der Waals surface area (Å²) in [6.07, 6.45) is 0.196. The van der Waals surface area contributed by atoms with Crippen LogP contribution in [-0.4, -0.2) is 30.3 Å². The Morgan fingerprint density at radius 1 is 0.969 bits per heavy atom. The molecule has 1 aromatic carbocycles. The fourth-order valence-corrected chi connectivity index (χ4v) is 4.29. The predicted molar refractivity (Wildman–Crippen MR) is 120 cm³/mol. The number of aromatic nitrogens is 2. The van der Waals surface area contributed by atoms with Gasteiger partial charge in [-0.05, 0) is 35.9 Å². The van der Waals surface area contributed by atoms with Crippen molar-refractivity contribution in [3.05, 3.63) is 65.7 Å². The third-order valence-corrected chi connectivity index (χ3v) is 6.07. The van der Waals surface area contributed by atoms with E-state index in [9.17, 15) is 21.6 Å². The number of pyridine rings is 2. The van der Waals surface area contributed by atoms with Crippen LogP contribution in [0.2, 0.25) is 5.02 Å². The Morgan fingerprint density at radius 2 is 1.66 bits per heavy atom. The largest absolute Gasteiger partial charge is 0.404 e. The molecule has 1 N–H and O–H groups in total. The summed E-state index contributed by atoms with van der Waals surface area (Å²) < 4.78 is 62.6. The summed E-state index contributed by atoms with van der Waals surface area (Å²) in [6.45, 7) is 6.20. The van der Waals surface area contributed by atoms with Crippen molar-refractivity contribution in [2.24, 2.45) is 0 Å². The quantitative estimate of drug-likeness (QED) is 0.478. The summed E-state index contributed by atoms with van der Waals surface area (Å²) in [4.78, 5) is 8.70. The van der Waals surface area contributed by atoms with Gasteiger partial charge in [-0.2, -0.15) is 13.2 Å². The molecular weight excluding hydrogens is 463 g/mol. The summed E-state index contributed by atoms with van der Waals surface area (Å²) in [5.41, 5.74) is 3.73. The fourth-order valence-electron chi connectivity index (χ4n) is 3.01. The first-order chi connectivity index (χ1) is 14.7. The van der Waals surface area contributed by atoms with Crippen LogP contribution >= 0.6 is 11.6 Å². The highest BCUT2D eigenvalue weighted by molar-refractivity contribution is 7.92. The average Bonchev–Trinajstić information content (AvgIpc) is 2.65. The fraction of sp³-hybridized carbons (Fsp3) is 0.273. The van der Waals surface area contributed by atoms with Crippen LogP contribution in [0.3, 0.4) is 0 Å². The van der Waals surface area contributed by atoms with Gasteiger partial charge in [0.2, 0.25) is 10.0 Å². The van der Waals surface area contributed by atoms with Crippen LogP contribution in [0.1, 0.15) is 26.5 Å². The van der Waals surface area contributed by atoms with Gasteiger partial charge >= 0.3 is 6.18 Å². The molecule has 3 rings (SSSR count). The number of nitrogens with zero attached hydrogens (tertiary/aromatic N) is 2. The maximum absolute atomic E-state index is 12.4. The molecule has 3 aromatic rings. The lowest BCUT2D eigenvalue weighted by Gasteiger charge is -2.18. The Morgan fingerprint density at radius 3 is 2.28 bits per heavy atom. The predicted octanol–water partition coefficient (Wildman–Crippen LogP) is 6.07. The van der Waals surface area contributed by atoms with Crippen molar-refractivity contribution in [1.82, 2.24) is 9.97 Å². The molecule has 0 radical (unpaired) electrons. The maximum atomic E-state index is 12.4.